The zero-order chi connectivity index (χ0) is 18.9. The molecule has 3 unspecified atom stereocenters. The summed E-state index contributed by atoms with van der Waals surface area (Å²) < 4.78 is 33.7. The lowest BCUT2D eigenvalue weighted by Gasteiger charge is -2.64. The van der Waals surface area contributed by atoms with Crippen molar-refractivity contribution < 1.29 is 37.5 Å². The van der Waals surface area contributed by atoms with Gasteiger partial charge in [-0.05, 0) is 47.5 Å². The molecule has 0 aromatic carbocycles. The highest BCUT2D eigenvalue weighted by atomic mass is 28.4. The van der Waals surface area contributed by atoms with Crippen LogP contribution in [0.2, 0.25) is 5.54 Å². The molecule has 10 heteroatoms. The van der Waals surface area contributed by atoms with Gasteiger partial charge in [-0.25, -0.2) is 0 Å². The van der Waals surface area contributed by atoms with Gasteiger partial charge in [0.2, 0.25) is 0 Å². The van der Waals surface area contributed by atoms with Crippen LogP contribution in [-0.2, 0) is 27.2 Å². The van der Waals surface area contributed by atoms with E-state index in [0.717, 1.165) is 0 Å². The molecule has 0 aromatic heterocycles. The van der Waals surface area contributed by atoms with Crippen molar-refractivity contribution in [2.75, 3.05) is 19.8 Å². The van der Waals surface area contributed by atoms with E-state index in [9.17, 15) is 10.2 Å². The smallest absolute Gasteiger partial charge is 0.387 e. The van der Waals surface area contributed by atoms with Gasteiger partial charge in [-0.3, -0.25) is 0 Å². The second kappa shape index (κ2) is 7.53. The molecule has 2 bridgehead atoms. The zero-order valence-electron chi connectivity index (χ0n) is 16.0. The first-order valence-corrected chi connectivity index (χ1v) is 10.8. The Morgan fingerprint density at radius 2 is 1.40 bits per heavy atom. The number of hydrogen-bond donors (Lipinski definition) is 2. The first-order chi connectivity index (χ1) is 11.6. The molecule has 0 spiro atoms. The van der Waals surface area contributed by atoms with Gasteiger partial charge in [0.05, 0.1) is 5.60 Å². The summed E-state index contributed by atoms with van der Waals surface area (Å²) in [6.45, 7) is 12.0. The predicted molar refractivity (Wildman–Crippen MR) is 92.3 cm³/mol. The lowest BCUT2D eigenvalue weighted by molar-refractivity contribution is -0.525. The Morgan fingerprint density at radius 3 is 1.68 bits per heavy atom. The monoisotopic (exact) mass is 378 g/mol. The third kappa shape index (κ3) is 3.44. The Balaban J connectivity index is 2.22. The first kappa shape index (κ1) is 21.3. The Labute approximate surface area is 151 Å². The Kier molecular flexibility index (Phi) is 6.40. The van der Waals surface area contributed by atoms with Crippen molar-refractivity contribution >= 4 is 16.1 Å². The molecule has 3 atom stereocenters. The molecule has 2 N–H and O–H groups in total. The molecule has 146 valence electrons. The lowest BCUT2D eigenvalue weighted by Crippen LogP contribution is -2.86. The number of hydrogen-bond acceptors (Lipinski definition) is 8. The van der Waals surface area contributed by atoms with Crippen molar-refractivity contribution in [2.24, 2.45) is 0 Å². The van der Waals surface area contributed by atoms with Crippen LogP contribution in [0, 0.1) is 0 Å². The SMILES string of the molecule is CCO[Si](OCC)(OCC)C(CC)CC(C)(O)C(C)(O)C12OB(O1)O2. The normalized spacial score (nSPS) is 24.7. The molecular weight excluding hydrogens is 347 g/mol. The molecule has 3 aliphatic rings. The minimum atomic E-state index is -3.05. The van der Waals surface area contributed by atoms with E-state index in [1.165, 1.54) is 13.8 Å². The van der Waals surface area contributed by atoms with Crippen molar-refractivity contribution in [1.82, 2.24) is 0 Å². The second-order valence-electron chi connectivity index (χ2n) is 6.76. The van der Waals surface area contributed by atoms with Gasteiger partial charge in [-0.2, -0.15) is 0 Å². The zero-order valence-corrected chi connectivity index (χ0v) is 17.0. The summed E-state index contributed by atoms with van der Waals surface area (Å²) in [6, 6.07) is 0. The average Bonchev–Trinajstić information content (AvgIpc) is 2.41. The third-order valence-electron chi connectivity index (χ3n) is 5.07. The van der Waals surface area contributed by atoms with E-state index in [4.69, 9.17) is 27.2 Å². The molecule has 0 aromatic rings. The summed E-state index contributed by atoms with van der Waals surface area (Å²) in [5, 5.41) is 22.0. The fourth-order valence-corrected chi connectivity index (χ4v) is 6.67. The molecule has 3 aliphatic heterocycles. The van der Waals surface area contributed by atoms with Crippen molar-refractivity contribution in [3.05, 3.63) is 0 Å². The maximum Gasteiger partial charge on any atom is 0.651 e. The lowest BCUT2D eigenvalue weighted by atomic mass is 9.75. The predicted octanol–water partition coefficient (Wildman–Crippen LogP) is 1.42. The molecule has 8 nitrogen and oxygen atoms in total. The van der Waals surface area contributed by atoms with Gasteiger partial charge in [-0.15, -0.1) is 0 Å². The third-order valence-corrected chi connectivity index (χ3v) is 8.76. The minimum absolute atomic E-state index is 0.186. The largest absolute Gasteiger partial charge is 0.651 e. The Hall–Kier alpha value is -0.0382. The van der Waals surface area contributed by atoms with Crippen LogP contribution in [0.25, 0.3) is 0 Å². The van der Waals surface area contributed by atoms with Crippen LogP contribution in [-0.4, -0.2) is 63.3 Å². The van der Waals surface area contributed by atoms with E-state index >= 15 is 0 Å². The summed E-state index contributed by atoms with van der Waals surface area (Å²) >= 11 is 0. The van der Waals surface area contributed by atoms with E-state index in [1.807, 2.05) is 27.7 Å². The van der Waals surface area contributed by atoms with Crippen LogP contribution in [0.3, 0.4) is 0 Å². The standard InChI is InChI=1S/C15H31BO8Si/c1-7-12(25(19-8-2,20-9-3)21-10-4)11-13(5,17)14(6,18)15-22-16(23-15)24-15/h12,17-18H,7-11H2,1-6H3. The van der Waals surface area contributed by atoms with Gasteiger partial charge < -0.3 is 37.5 Å². The van der Waals surface area contributed by atoms with E-state index in [2.05, 4.69) is 0 Å². The molecular formula is C15H31BO8Si. The van der Waals surface area contributed by atoms with Gasteiger partial charge >= 0.3 is 16.1 Å². The maximum atomic E-state index is 11.1. The summed E-state index contributed by atoms with van der Waals surface area (Å²) in [5.41, 5.74) is -3.56. The molecule has 25 heavy (non-hydrogen) atoms. The fourth-order valence-electron chi connectivity index (χ4n) is 3.36. The van der Waals surface area contributed by atoms with Crippen molar-refractivity contribution in [3.8, 4) is 0 Å². The van der Waals surface area contributed by atoms with Crippen LogP contribution >= 0.6 is 0 Å². The molecule has 3 fully saturated rings. The number of rotatable bonds is 12. The first-order valence-electron chi connectivity index (χ1n) is 9.03. The van der Waals surface area contributed by atoms with Gasteiger partial charge in [0.25, 0.3) is 5.97 Å². The number of aliphatic hydroxyl groups is 2. The van der Waals surface area contributed by atoms with Gasteiger partial charge in [0.1, 0.15) is 0 Å². The molecule has 3 rings (SSSR count). The second-order valence-corrected chi connectivity index (χ2v) is 9.65. The molecule has 0 saturated carbocycles. The average molecular weight is 378 g/mol. The van der Waals surface area contributed by atoms with Crippen LogP contribution < -0.4 is 0 Å². The molecule has 0 radical (unpaired) electrons. The molecule has 3 heterocycles. The van der Waals surface area contributed by atoms with Crippen LogP contribution in [0.5, 0.6) is 0 Å². The van der Waals surface area contributed by atoms with Crippen molar-refractivity contribution in [1.29, 1.82) is 0 Å². The quantitative estimate of drug-likeness (QED) is 0.493. The summed E-state index contributed by atoms with van der Waals surface area (Å²) in [5.74, 6) is -1.60. The summed E-state index contributed by atoms with van der Waals surface area (Å²) in [6.07, 6.45) is 0.849. The van der Waals surface area contributed by atoms with E-state index < -0.39 is 33.3 Å². The van der Waals surface area contributed by atoms with E-state index in [-0.39, 0.29) is 12.0 Å². The topological polar surface area (TPSA) is 95.8 Å². The van der Waals surface area contributed by atoms with Crippen molar-refractivity contribution in [2.45, 2.75) is 77.1 Å². The molecule has 0 aliphatic carbocycles. The van der Waals surface area contributed by atoms with Gasteiger partial charge in [0.15, 0.2) is 5.60 Å². The van der Waals surface area contributed by atoms with Crippen LogP contribution in [0.1, 0.15) is 54.4 Å². The van der Waals surface area contributed by atoms with Crippen LogP contribution in [0.15, 0.2) is 0 Å². The maximum absolute atomic E-state index is 11.1. The van der Waals surface area contributed by atoms with E-state index in [0.29, 0.717) is 26.2 Å². The summed E-state index contributed by atoms with van der Waals surface area (Å²) in [7, 11) is -3.79. The van der Waals surface area contributed by atoms with Crippen LogP contribution in [0.4, 0.5) is 0 Å². The Morgan fingerprint density at radius 1 is 0.960 bits per heavy atom. The highest BCUT2D eigenvalue weighted by molar-refractivity contribution is 6.62. The Bertz CT molecular complexity index is 427. The van der Waals surface area contributed by atoms with E-state index in [1.54, 1.807) is 0 Å². The van der Waals surface area contributed by atoms with Gasteiger partial charge in [-0.1, -0.05) is 6.92 Å². The van der Waals surface area contributed by atoms with Gasteiger partial charge in [0, 0.05) is 25.4 Å². The van der Waals surface area contributed by atoms with Crippen molar-refractivity contribution in [3.63, 3.8) is 0 Å². The fraction of sp³-hybridized carbons (Fsp3) is 1.00. The highest BCUT2D eigenvalue weighted by Gasteiger charge is 2.80. The highest BCUT2D eigenvalue weighted by Crippen LogP contribution is 2.54. The molecule has 0 amide bonds. The summed E-state index contributed by atoms with van der Waals surface area (Å²) in [4.78, 5) is 0. The molecule has 3 saturated heterocycles. The minimum Gasteiger partial charge on any atom is -0.387 e.